The molecular weight excluding hydrogens is 355 g/mol. The molecule has 0 aromatic carbocycles. The van der Waals surface area contributed by atoms with E-state index in [1.54, 1.807) is 0 Å². The van der Waals surface area contributed by atoms with Crippen LogP contribution in [0.5, 0.6) is 0 Å². The van der Waals surface area contributed by atoms with Crippen molar-refractivity contribution in [2.45, 2.75) is 0 Å². The van der Waals surface area contributed by atoms with E-state index < -0.39 is 14.4 Å². The molecule has 0 heterocycles. The molecule has 0 amide bonds. The van der Waals surface area contributed by atoms with E-state index >= 15 is 0 Å². The van der Waals surface area contributed by atoms with Gasteiger partial charge in [0.15, 0.2) is 0 Å². The van der Waals surface area contributed by atoms with E-state index in [0.717, 1.165) is 0 Å². The Balaban J connectivity index is 2.32. The summed E-state index contributed by atoms with van der Waals surface area (Å²) in [6, 6.07) is 0. The predicted octanol–water partition coefficient (Wildman–Crippen LogP) is 2.16. The molecule has 0 nitrogen and oxygen atoms in total. The fourth-order valence-electron chi connectivity index (χ4n) is 0. The van der Waals surface area contributed by atoms with Gasteiger partial charge < -0.3 is 0 Å². The summed E-state index contributed by atoms with van der Waals surface area (Å²) in [7, 11) is 0. The predicted molar refractivity (Wildman–Crippen MR) is 32.5 cm³/mol. The van der Waals surface area contributed by atoms with Gasteiger partial charge in [0.25, 0.3) is 0 Å². The fourth-order valence-corrected chi connectivity index (χ4v) is 0. The van der Waals surface area contributed by atoms with Crippen molar-refractivity contribution in [1.82, 2.24) is 0 Å². The quantitative estimate of drug-likeness (QED) is 0.625. The number of rotatable bonds is 0. The van der Waals surface area contributed by atoms with E-state index in [4.69, 9.17) is 0 Å². The molecule has 0 atom stereocenters. The average Bonchev–Trinajstić information content (AvgIpc) is 0.811. The molecule has 0 unspecified atom stereocenters. The van der Waals surface area contributed by atoms with Crippen molar-refractivity contribution in [1.29, 1.82) is 0 Å². The van der Waals surface area contributed by atoms with Gasteiger partial charge in [0.05, 0.1) is 0 Å². The van der Waals surface area contributed by atoms with E-state index in [1.165, 1.54) is 0 Å². The Morgan fingerprint density at radius 2 is 1.00 bits per heavy atom. The Kier molecular flexibility index (Phi) is 5.52. The zero-order valence-corrected chi connectivity index (χ0v) is 9.76. The molecule has 0 aromatic rings. The third-order valence-corrected chi connectivity index (χ3v) is 0. The van der Waals surface area contributed by atoms with Gasteiger partial charge in [-0.3, -0.25) is 0 Å². The van der Waals surface area contributed by atoms with Crippen molar-refractivity contribution in [3.8, 4) is 0 Å². The molecular formula is Br3In. The summed E-state index contributed by atoms with van der Waals surface area (Å²) in [5.41, 5.74) is 0. The molecule has 0 spiro atoms. The summed E-state index contributed by atoms with van der Waals surface area (Å²) in [4.78, 5) is 0. The first kappa shape index (κ1) is 6.31. The van der Waals surface area contributed by atoms with Gasteiger partial charge in [-0.1, -0.05) is 0 Å². The molecule has 0 aromatic heterocycles. The maximum absolute atomic E-state index is 3.31. The van der Waals surface area contributed by atoms with Gasteiger partial charge in [-0.25, -0.2) is 0 Å². The van der Waals surface area contributed by atoms with E-state index in [-0.39, 0.29) is 0 Å². The standard InChI is InChI=1S/3BrH.In/h3*1H;/q;;;+3/p-3. The van der Waals surface area contributed by atoms with Crippen LogP contribution in [0.4, 0.5) is 0 Å². The van der Waals surface area contributed by atoms with Gasteiger partial charge in [-0.05, 0) is 0 Å². The molecule has 24 valence electrons. The van der Waals surface area contributed by atoms with Crippen LogP contribution in [0.25, 0.3) is 0 Å². The maximum atomic E-state index is 3.31. The van der Waals surface area contributed by atoms with Crippen LogP contribution in [0.15, 0.2) is 0 Å². The molecule has 0 saturated carbocycles. The molecule has 0 N–H and O–H groups in total. The van der Waals surface area contributed by atoms with Crippen LogP contribution in [0.2, 0.25) is 0 Å². The summed E-state index contributed by atoms with van der Waals surface area (Å²) in [6.07, 6.45) is 0. The Morgan fingerprint density at radius 1 is 1.00 bits per heavy atom. The topological polar surface area (TPSA) is 0 Å². The first-order chi connectivity index (χ1) is 1.73. The first-order valence-corrected chi connectivity index (χ1v) is 22.8. The number of halogens is 3. The van der Waals surface area contributed by atoms with Gasteiger partial charge >= 0.3 is 51.3 Å². The molecule has 0 bridgehead atoms. The number of hydrogen-bond donors (Lipinski definition) is 0. The summed E-state index contributed by atoms with van der Waals surface area (Å²) < 4.78 is 0. The Labute approximate surface area is 50.4 Å². The van der Waals surface area contributed by atoms with E-state index in [0.29, 0.717) is 0 Å². The van der Waals surface area contributed by atoms with Crippen LogP contribution < -0.4 is 0 Å². The monoisotopic (exact) mass is 352 g/mol. The minimum absolute atomic E-state index is 1.20. The molecule has 4 heteroatoms. The van der Waals surface area contributed by atoms with E-state index in [9.17, 15) is 0 Å². The molecule has 0 fully saturated rings. The van der Waals surface area contributed by atoms with Crippen LogP contribution in [0.3, 0.4) is 0 Å². The van der Waals surface area contributed by atoms with Gasteiger partial charge in [0.2, 0.25) is 0 Å². The van der Waals surface area contributed by atoms with E-state index in [2.05, 4.69) is 36.9 Å². The van der Waals surface area contributed by atoms with Gasteiger partial charge in [0, 0.05) is 0 Å². The second-order valence-corrected chi connectivity index (χ2v) is 44.8. The van der Waals surface area contributed by atoms with Gasteiger partial charge in [-0.15, -0.1) is 0 Å². The van der Waals surface area contributed by atoms with Gasteiger partial charge in [0.1, 0.15) is 0 Å². The zero-order valence-electron chi connectivity index (χ0n) is 1.71. The van der Waals surface area contributed by atoms with Crippen molar-refractivity contribution < 1.29 is 0 Å². The first-order valence-electron chi connectivity index (χ1n) is 0.655. The Hall–Kier alpha value is 2.31. The van der Waals surface area contributed by atoms with Crippen LogP contribution >= 0.6 is 36.9 Å². The second kappa shape index (κ2) is 3.50. The SMILES string of the molecule is [Br][In]([Br])[Br]. The second-order valence-electron chi connectivity index (χ2n) is 0.247. The fraction of sp³-hybridized carbons (Fsp3) is 0. The molecule has 0 rings (SSSR count). The van der Waals surface area contributed by atoms with Crippen molar-refractivity contribution in [2.24, 2.45) is 0 Å². The normalized spacial score (nSPS) is 6.75. The molecule has 0 radical (unpaired) electrons. The van der Waals surface area contributed by atoms with Crippen LogP contribution in [0.1, 0.15) is 0 Å². The van der Waals surface area contributed by atoms with Crippen LogP contribution in [-0.4, -0.2) is 14.4 Å². The third kappa shape index (κ3) is 8.85. The third-order valence-electron chi connectivity index (χ3n) is 0. The van der Waals surface area contributed by atoms with Crippen molar-refractivity contribution in [3.63, 3.8) is 0 Å². The van der Waals surface area contributed by atoms with Crippen molar-refractivity contribution in [2.75, 3.05) is 0 Å². The molecule has 0 aliphatic heterocycles. The summed E-state index contributed by atoms with van der Waals surface area (Å²) in [5.74, 6) is 0. The molecule has 0 aliphatic rings. The summed E-state index contributed by atoms with van der Waals surface area (Å²) in [5, 5.41) is 0. The van der Waals surface area contributed by atoms with Gasteiger partial charge in [-0.2, -0.15) is 0 Å². The summed E-state index contributed by atoms with van der Waals surface area (Å²) in [6.45, 7) is 0. The molecule has 0 aliphatic carbocycles. The summed E-state index contributed by atoms with van der Waals surface area (Å²) >= 11 is 8.74. The van der Waals surface area contributed by atoms with E-state index in [1.807, 2.05) is 0 Å². The number of hydrogen-bond acceptors (Lipinski definition) is 0. The molecule has 4 heavy (non-hydrogen) atoms. The Bertz CT molecular complexity index is 8.00. The Morgan fingerprint density at radius 3 is 1.00 bits per heavy atom. The van der Waals surface area contributed by atoms with Crippen molar-refractivity contribution >= 4 is 51.3 Å². The molecule has 0 saturated heterocycles. The average molecular weight is 355 g/mol. The van der Waals surface area contributed by atoms with Crippen LogP contribution in [-0.2, 0) is 0 Å². The van der Waals surface area contributed by atoms with Crippen LogP contribution in [0, 0.1) is 0 Å². The van der Waals surface area contributed by atoms with Crippen molar-refractivity contribution in [3.05, 3.63) is 0 Å². The minimum atomic E-state index is -1.20. The zero-order chi connectivity index (χ0) is 3.58.